The van der Waals surface area contributed by atoms with Crippen molar-refractivity contribution in [2.24, 2.45) is 23.7 Å². The first-order valence-electron chi connectivity index (χ1n) is 27.1. The zero-order chi connectivity index (χ0) is 53.8. The molecule has 1 aromatic heterocycles. The van der Waals surface area contributed by atoms with Gasteiger partial charge in [0.2, 0.25) is 0 Å². The molecule has 10 atom stereocenters. The first-order chi connectivity index (χ1) is 37.5. The van der Waals surface area contributed by atoms with Gasteiger partial charge in [-0.25, -0.2) is 0 Å². The van der Waals surface area contributed by atoms with Gasteiger partial charge in [0.1, 0.15) is 11.9 Å². The molecular formula is C61H72N2O10S4. The number of Topliss-reactive ketones (excluding diaryl/α,β-unsaturated/α-hetero) is 1. The van der Waals surface area contributed by atoms with Gasteiger partial charge in [0.15, 0.2) is 35.6 Å². The van der Waals surface area contributed by atoms with E-state index in [1.165, 1.54) is 0 Å². The number of aromatic hydroxyl groups is 2. The Hall–Kier alpha value is -4.49. The standard InChI is InChI=1S/C61H72N2O10S4/c1-4-37-12-13-38-9-7-10-46-54(30-64)77-76-32-43-25-55(68)61(44-21-36(28-62-2)22-45(66)26-44,49-33-75-74-31-41-8-5-6-11-51(41)73-53-24-40(49)15-17-52(53)72-34-65)60(70)57(43)58(69)42(20-35-18-19-63-29-35)23-39-14-16-50(67)59(71-3)48(39)27-47(37)56(38)46/h7,9-10,12-19,21-22,24,26,29,41-43,49,51,54-55,57-58,62-69H,4-6,8,11,20,23,25,27-28,30-34H2,1-3H3/t41-,42-,43+,49+,51+,54+,55-,57-,58+,61-/m1/s1. The van der Waals surface area contributed by atoms with Crippen molar-refractivity contribution >= 4 is 59.7 Å². The molecule has 2 saturated carbocycles. The number of carbonyl (C=O) groups excluding carboxylic acids is 1. The summed E-state index contributed by atoms with van der Waals surface area (Å²) in [6.07, 6.45) is 7.17. The Morgan fingerprint density at radius 1 is 0.883 bits per heavy atom. The number of aromatic nitrogens is 1. The van der Waals surface area contributed by atoms with E-state index in [0.717, 1.165) is 93.1 Å². The zero-order valence-corrected chi connectivity index (χ0v) is 47.3. The summed E-state index contributed by atoms with van der Waals surface area (Å²) in [7, 11) is 9.91. The molecule has 2 fully saturated rings. The van der Waals surface area contributed by atoms with Crippen LogP contribution in [0.25, 0.3) is 10.8 Å². The monoisotopic (exact) mass is 1120 g/mol. The summed E-state index contributed by atoms with van der Waals surface area (Å²) < 4.78 is 18.8. The number of aliphatic hydroxyl groups is 4. The number of ketones is 1. The number of carbonyl (C=O) groups is 1. The SMILES string of the molecule is CCc1ccc2cccc3c2c1Cc1c(ccc(O)c1OC)C[C@@H](Cc1cc[nH]c1)[C@H](O)[C@@H]1C(=O)[C@](c2cc(O)cc(CNC)c2)([C@H]2CSSC[C@H]4CCCC[C@@H]4Oc4cc2ccc4OCO)[C@H](O)C[C@H]1CSS[C@H]3CO. The molecule has 2 bridgehead atoms. The van der Waals surface area contributed by atoms with E-state index in [1.807, 2.05) is 55.8 Å². The Bertz CT molecular complexity index is 3010. The second-order valence-electron chi connectivity index (χ2n) is 21.4. The third-order valence-corrected chi connectivity index (χ3v) is 22.4. The number of aryl methyl sites for hydroxylation is 1. The number of phenolic OH excluding ortho intramolecular Hbond substituents is 2. The molecule has 12 nitrogen and oxygen atoms in total. The molecule has 0 spiro atoms. The fourth-order valence-electron chi connectivity index (χ4n) is 13.3. The summed E-state index contributed by atoms with van der Waals surface area (Å²) in [6, 6.07) is 26.9. The predicted molar refractivity (Wildman–Crippen MR) is 312 cm³/mol. The number of ether oxygens (including phenoxy) is 3. The number of methoxy groups -OCH3 is 1. The Labute approximate surface area is 467 Å². The van der Waals surface area contributed by atoms with Gasteiger partial charge in [-0.3, -0.25) is 4.79 Å². The Balaban J connectivity index is 1.19. The minimum Gasteiger partial charge on any atom is -0.508 e. The molecule has 0 saturated heterocycles. The highest BCUT2D eigenvalue weighted by molar-refractivity contribution is 8.77. The normalized spacial score (nSPS) is 27.2. The van der Waals surface area contributed by atoms with Gasteiger partial charge < -0.3 is 55.2 Å². The highest BCUT2D eigenvalue weighted by Gasteiger charge is 2.61. The molecule has 3 heterocycles. The van der Waals surface area contributed by atoms with Gasteiger partial charge in [-0.2, -0.15) is 0 Å². The van der Waals surface area contributed by atoms with Gasteiger partial charge in [0, 0.05) is 65.9 Å². The van der Waals surface area contributed by atoms with Gasteiger partial charge in [0.25, 0.3) is 0 Å². The lowest BCUT2D eigenvalue weighted by molar-refractivity contribution is -0.150. The lowest BCUT2D eigenvalue weighted by atomic mass is 9.52. The number of H-pyrrole nitrogens is 1. The van der Waals surface area contributed by atoms with E-state index in [0.29, 0.717) is 60.1 Å². The van der Waals surface area contributed by atoms with Crippen molar-refractivity contribution in [3.05, 3.63) is 147 Å². The number of aromatic amines is 1. The Morgan fingerprint density at radius 3 is 2.49 bits per heavy atom. The van der Waals surface area contributed by atoms with Crippen LogP contribution >= 0.6 is 43.2 Å². The lowest BCUT2D eigenvalue weighted by Crippen LogP contribution is -2.62. The summed E-state index contributed by atoms with van der Waals surface area (Å²) in [5, 5.41) is 77.0. The minimum absolute atomic E-state index is 0.00337. The molecule has 0 radical (unpaired) electrons. The number of rotatable bonds is 11. The number of phenols is 2. The maximum atomic E-state index is 17.2. The molecule has 6 aromatic rings. The molecule has 10 rings (SSSR count). The average Bonchev–Trinajstić information content (AvgIpc) is 4.09. The molecule has 5 aromatic carbocycles. The van der Waals surface area contributed by atoms with Crippen LogP contribution in [0.5, 0.6) is 28.7 Å². The second-order valence-corrected chi connectivity index (χ2v) is 26.5. The summed E-state index contributed by atoms with van der Waals surface area (Å²) in [4.78, 5) is 20.4. The van der Waals surface area contributed by atoms with Gasteiger partial charge in [-0.15, -0.1) is 0 Å². The van der Waals surface area contributed by atoms with E-state index in [9.17, 15) is 30.6 Å². The van der Waals surface area contributed by atoms with Gasteiger partial charge in [-0.05, 0) is 156 Å². The van der Waals surface area contributed by atoms with Crippen molar-refractivity contribution in [1.29, 1.82) is 0 Å². The fourth-order valence-corrected chi connectivity index (χ4v) is 19.0. The van der Waals surface area contributed by atoms with Crippen LogP contribution in [0.3, 0.4) is 0 Å². The molecule has 2 aliphatic carbocycles. The van der Waals surface area contributed by atoms with E-state index >= 15 is 4.79 Å². The molecule has 2 aliphatic heterocycles. The number of aliphatic hydroxyl groups excluding tert-OH is 4. The van der Waals surface area contributed by atoms with Crippen LogP contribution in [0, 0.1) is 23.7 Å². The van der Waals surface area contributed by atoms with Crippen LogP contribution in [-0.2, 0) is 42.4 Å². The number of benzene rings is 5. The summed E-state index contributed by atoms with van der Waals surface area (Å²) in [6.45, 7) is 1.80. The minimum atomic E-state index is -1.72. The number of hydrogen-bond acceptors (Lipinski definition) is 15. The maximum absolute atomic E-state index is 17.2. The van der Waals surface area contributed by atoms with Crippen LogP contribution in [0.4, 0.5) is 0 Å². The van der Waals surface area contributed by atoms with Crippen molar-refractivity contribution < 1.29 is 49.6 Å². The third kappa shape index (κ3) is 11.2. The molecular weight excluding hydrogens is 1050 g/mol. The van der Waals surface area contributed by atoms with E-state index in [2.05, 4.69) is 41.5 Å². The van der Waals surface area contributed by atoms with Crippen molar-refractivity contribution in [1.82, 2.24) is 10.3 Å². The quantitative estimate of drug-likeness (QED) is 0.0451. The number of nitrogens with one attached hydrogen (secondary N) is 2. The Morgan fingerprint density at radius 2 is 1.71 bits per heavy atom. The second kappa shape index (κ2) is 24.9. The van der Waals surface area contributed by atoms with Crippen molar-refractivity contribution in [2.45, 2.75) is 106 Å². The van der Waals surface area contributed by atoms with Crippen LogP contribution in [0.2, 0.25) is 0 Å². The molecule has 16 heteroatoms. The van der Waals surface area contributed by atoms with Gasteiger partial charge in [-0.1, -0.05) is 105 Å². The predicted octanol–water partition coefficient (Wildman–Crippen LogP) is 10.6. The fraction of sp³-hybridized carbons (Fsp3) is 0.459. The van der Waals surface area contributed by atoms with Crippen molar-refractivity contribution in [3.8, 4) is 28.7 Å². The van der Waals surface area contributed by atoms with Gasteiger partial charge >= 0.3 is 0 Å². The highest BCUT2D eigenvalue weighted by atomic mass is 33.1. The highest BCUT2D eigenvalue weighted by Crippen LogP contribution is 2.57. The molecule has 8 N–H and O–H groups in total. The van der Waals surface area contributed by atoms with Gasteiger partial charge in [0.05, 0.1) is 36.6 Å². The molecule has 410 valence electrons. The Kier molecular flexibility index (Phi) is 18.0. The smallest absolute Gasteiger partial charge is 0.186 e. The first kappa shape index (κ1) is 55.8. The maximum Gasteiger partial charge on any atom is 0.186 e. The average molecular weight is 1120 g/mol. The van der Waals surface area contributed by atoms with E-state index in [-0.39, 0.29) is 47.6 Å². The third-order valence-electron chi connectivity index (χ3n) is 17.0. The van der Waals surface area contributed by atoms with Crippen LogP contribution in [0.15, 0.2) is 97.3 Å². The largest absolute Gasteiger partial charge is 0.508 e. The van der Waals surface area contributed by atoms with Crippen molar-refractivity contribution in [2.75, 3.05) is 44.8 Å². The van der Waals surface area contributed by atoms with Crippen LogP contribution in [-0.4, -0.2) is 105 Å². The molecule has 77 heavy (non-hydrogen) atoms. The first-order valence-corrected chi connectivity index (χ1v) is 32.0. The number of fused-ring (bicyclic) bond motifs is 5. The molecule has 0 amide bonds. The van der Waals surface area contributed by atoms with Crippen LogP contribution in [0.1, 0.15) is 100 Å². The summed E-state index contributed by atoms with van der Waals surface area (Å²) >= 11 is 0. The summed E-state index contributed by atoms with van der Waals surface area (Å²) in [5.41, 5.74) is 5.98. The topological polar surface area (TPSA) is 194 Å². The molecule has 0 unspecified atom stereocenters. The molecule has 4 aliphatic rings. The zero-order valence-electron chi connectivity index (χ0n) is 44.0. The van der Waals surface area contributed by atoms with Crippen LogP contribution < -0.4 is 19.5 Å². The number of hydrogen-bond donors (Lipinski definition) is 8. The van der Waals surface area contributed by atoms with Crippen molar-refractivity contribution in [3.63, 3.8) is 0 Å². The van der Waals surface area contributed by atoms with E-state index in [1.54, 1.807) is 74.6 Å². The summed E-state index contributed by atoms with van der Waals surface area (Å²) in [5.74, 6) is -0.176. The van der Waals surface area contributed by atoms with E-state index in [4.69, 9.17) is 14.2 Å². The van der Waals surface area contributed by atoms with E-state index < -0.39 is 48.1 Å². The lowest BCUT2D eigenvalue weighted by Gasteiger charge is -2.52.